The number of halogens is 1. The third-order valence-corrected chi connectivity index (χ3v) is 7.57. The Morgan fingerprint density at radius 3 is 2.76 bits per heavy atom. The fourth-order valence-electron chi connectivity index (χ4n) is 4.72. The first-order valence-electron chi connectivity index (χ1n) is 11.1. The normalized spacial score (nSPS) is 20.1. The lowest BCUT2D eigenvalue weighted by atomic mass is 10.0. The zero-order valence-corrected chi connectivity index (χ0v) is 20.6. The van der Waals surface area contributed by atoms with Crippen molar-refractivity contribution in [3.8, 4) is 0 Å². The number of anilines is 2. The van der Waals surface area contributed by atoms with Gasteiger partial charge < -0.3 is 15.0 Å². The largest absolute Gasteiger partial charge is 0.461 e. The van der Waals surface area contributed by atoms with E-state index in [2.05, 4.69) is 15.2 Å². The Balaban J connectivity index is 1.56. The summed E-state index contributed by atoms with van der Waals surface area (Å²) in [7, 11) is 1.79. The number of fused-ring (bicyclic) bond motifs is 2. The number of nitrogens with zero attached hydrogens (tertiary/aromatic N) is 4. The number of thiazole rings is 1. The molecule has 3 unspecified atom stereocenters. The Kier molecular flexibility index (Phi) is 5.56. The molecule has 1 aliphatic carbocycles. The van der Waals surface area contributed by atoms with Crippen LogP contribution in [0.25, 0.3) is 10.9 Å². The Bertz CT molecular complexity index is 1310. The number of aromatic nitrogens is 3. The van der Waals surface area contributed by atoms with Crippen molar-refractivity contribution in [2.75, 3.05) is 29.9 Å². The summed E-state index contributed by atoms with van der Waals surface area (Å²) < 4.78 is 7.03. The maximum atomic E-state index is 13.3. The molecule has 1 N–H and O–H groups in total. The number of nitrogens with one attached hydrogen (secondary N) is 1. The van der Waals surface area contributed by atoms with Crippen molar-refractivity contribution in [3.63, 3.8) is 0 Å². The van der Waals surface area contributed by atoms with E-state index in [9.17, 15) is 9.59 Å². The number of hydrogen-bond acceptors (Lipinski definition) is 8. The van der Waals surface area contributed by atoms with Crippen LogP contribution in [0.3, 0.4) is 0 Å². The summed E-state index contributed by atoms with van der Waals surface area (Å²) in [5.41, 5.74) is 2.63. The molecule has 174 valence electrons. The van der Waals surface area contributed by atoms with Crippen molar-refractivity contribution in [2.24, 2.45) is 18.9 Å². The minimum atomic E-state index is -0.522. The zero-order valence-electron chi connectivity index (χ0n) is 19.0. The molecule has 1 saturated carbocycles. The molecule has 0 radical (unpaired) electrons. The fourth-order valence-corrected chi connectivity index (χ4v) is 5.80. The molecule has 2 fully saturated rings. The van der Waals surface area contributed by atoms with Crippen molar-refractivity contribution in [2.45, 2.75) is 33.2 Å². The third-order valence-electron chi connectivity index (χ3n) is 6.48. The highest BCUT2D eigenvalue weighted by molar-refractivity contribution is 7.19. The maximum absolute atomic E-state index is 13.3. The molecule has 1 saturated heterocycles. The van der Waals surface area contributed by atoms with Gasteiger partial charge in [0.2, 0.25) is 5.95 Å². The van der Waals surface area contributed by atoms with Crippen LogP contribution in [0.4, 0.5) is 10.9 Å². The summed E-state index contributed by atoms with van der Waals surface area (Å²) in [5.74, 6) is 1.65. The molecule has 0 amide bonds. The predicted octanol–water partition coefficient (Wildman–Crippen LogP) is 4.16. The van der Waals surface area contributed by atoms with E-state index in [4.69, 9.17) is 21.3 Å². The Hall–Kier alpha value is -2.65. The molecule has 8 nitrogen and oxygen atoms in total. The van der Waals surface area contributed by atoms with Crippen molar-refractivity contribution in [1.29, 1.82) is 0 Å². The second kappa shape index (κ2) is 8.29. The van der Waals surface area contributed by atoms with E-state index >= 15 is 0 Å². The van der Waals surface area contributed by atoms with Crippen LogP contribution in [0, 0.1) is 18.8 Å². The molecule has 3 aromatic rings. The van der Waals surface area contributed by atoms with Crippen molar-refractivity contribution in [3.05, 3.63) is 43.8 Å². The van der Waals surface area contributed by atoms with Crippen molar-refractivity contribution >= 4 is 50.8 Å². The highest BCUT2D eigenvalue weighted by Crippen LogP contribution is 2.46. The molecule has 0 spiro atoms. The number of carbonyl (C=O) groups excluding carboxylic acids is 1. The van der Waals surface area contributed by atoms with Crippen LogP contribution in [0.2, 0.25) is 4.47 Å². The molecule has 2 aromatic heterocycles. The Morgan fingerprint density at radius 1 is 1.33 bits per heavy atom. The van der Waals surface area contributed by atoms with Gasteiger partial charge in [-0.1, -0.05) is 29.0 Å². The molecule has 1 aliphatic heterocycles. The fraction of sp³-hybridized carbons (Fsp3) is 0.478. The smallest absolute Gasteiger partial charge is 0.360 e. The topological polar surface area (TPSA) is 89.3 Å². The number of piperidine rings is 1. The number of hydrogen-bond donors (Lipinski definition) is 1. The molecule has 1 aromatic carbocycles. The lowest BCUT2D eigenvalue weighted by molar-refractivity contribution is 0.0521. The van der Waals surface area contributed by atoms with E-state index in [1.54, 1.807) is 18.5 Å². The van der Waals surface area contributed by atoms with E-state index in [0.29, 0.717) is 21.9 Å². The van der Waals surface area contributed by atoms with Gasteiger partial charge in [-0.05, 0) is 50.7 Å². The van der Waals surface area contributed by atoms with Gasteiger partial charge in [-0.3, -0.25) is 9.36 Å². The maximum Gasteiger partial charge on any atom is 0.360 e. The summed E-state index contributed by atoms with van der Waals surface area (Å²) >= 11 is 7.29. The van der Waals surface area contributed by atoms with Gasteiger partial charge in [-0.2, -0.15) is 0 Å². The standard InChI is InChI=1S/C23H26ClN5O3S/c1-5-32-21(31)18-19(33-22(24)26-18)25-12(3)15-6-11(2)7-16-17(15)27-23(28(4)20(16)30)29-9-13-8-14(13)10-29/h6-7,12-14,25H,5,8-10H2,1-4H3. The minimum absolute atomic E-state index is 0.0548. The second-order valence-corrected chi connectivity index (χ2v) is 10.5. The molecule has 2 aliphatic rings. The van der Waals surface area contributed by atoms with E-state index in [1.807, 2.05) is 26.0 Å². The van der Waals surface area contributed by atoms with Crippen LogP contribution >= 0.6 is 22.9 Å². The van der Waals surface area contributed by atoms with Gasteiger partial charge in [-0.15, -0.1) is 0 Å². The van der Waals surface area contributed by atoms with Gasteiger partial charge in [0.15, 0.2) is 10.2 Å². The van der Waals surface area contributed by atoms with Gasteiger partial charge in [0, 0.05) is 25.7 Å². The average molecular weight is 488 g/mol. The lowest BCUT2D eigenvalue weighted by Gasteiger charge is -2.23. The average Bonchev–Trinajstić information content (AvgIpc) is 3.20. The number of esters is 1. The molecule has 3 heterocycles. The monoisotopic (exact) mass is 487 g/mol. The molecular weight excluding hydrogens is 462 g/mol. The summed E-state index contributed by atoms with van der Waals surface area (Å²) in [5, 5.41) is 4.47. The van der Waals surface area contributed by atoms with Crippen LogP contribution < -0.4 is 15.8 Å². The Labute approximate surface area is 200 Å². The van der Waals surface area contributed by atoms with Gasteiger partial charge in [0.1, 0.15) is 5.00 Å². The van der Waals surface area contributed by atoms with Gasteiger partial charge in [0.25, 0.3) is 5.56 Å². The summed E-state index contributed by atoms with van der Waals surface area (Å²) in [6.07, 6.45) is 1.28. The predicted molar refractivity (Wildman–Crippen MR) is 131 cm³/mol. The molecule has 3 atom stereocenters. The number of ether oxygens (including phenoxy) is 1. The number of benzene rings is 1. The zero-order chi connectivity index (χ0) is 23.4. The van der Waals surface area contributed by atoms with Crippen LogP contribution in [-0.2, 0) is 11.8 Å². The van der Waals surface area contributed by atoms with E-state index in [0.717, 1.165) is 36.1 Å². The van der Waals surface area contributed by atoms with E-state index in [-0.39, 0.29) is 28.4 Å². The van der Waals surface area contributed by atoms with Crippen LogP contribution in [-0.4, -0.2) is 40.2 Å². The van der Waals surface area contributed by atoms with Gasteiger partial charge in [0.05, 0.1) is 23.6 Å². The highest BCUT2D eigenvalue weighted by Gasteiger charge is 2.46. The molecular formula is C23H26ClN5O3S. The van der Waals surface area contributed by atoms with E-state index < -0.39 is 5.97 Å². The van der Waals surface area contributed by atoms with Crippen molar-refractivity contribution in [1.82, 2.24) is 14.5 Å². The first-order valence-corrected chi connectivity index (χ1v) is 12.3. The van der Waals surface area contributed by atoms with Crippen LogP contribution in [0.15, 0.2) is 16.9 Å². The Morgan fingerprint density at radius 2 is 2.06 bits per heavy atom. The van der Waals surface area contributed by atoms with Crippen LogP contribution in [0.5, 0.6) is 0 Å². The first kappa shape index (κ1) is 22.2. The molecule has 10 heteroatoms. The second-order valence-electron chi connectivity index (χ2n) is 8.92. The summed E-state index contributed by atoms with van der Waals surface area (Å²) in [6, 6.07) is 3.67. The third kappa shape index (κ3) is 3.97. The molecule has 33 heavy (non-hydrogen) atoms. The van der Waals surface area contributed by atoms with Crippen molar-refractivity contribution < 1.29 is 9.53 Å². The van der Waals surface area contributed by atoms with Gasteiger partial charge >= 0.3 is 5.97 Å². The number of aryl methyl sites for hydroxylation is 1. The highest BCUT2D eigenvalue weighted by atomic mass is 35.5. The van der Waals surface area contributed by atoms with E-state index in [1.165, 1.54) is 17.8 Å². The SMILES string of the molecule is CCOC(=O)c1nc(Cl)sc1NC(C)c1cc(C)cc2c(=O)n(C)c(N3CC4CC4C3)nc12. The molecule has 0 bridgehead atoms. The number of rotatable bonds is 6. The van der Waals surface area contributed by atoms with Gasteiger partial charge in [-0.25, -0.2) is 14.8 Å². The molecule has 5 rings (SSSR count). The lowest BCUT2D eigenvalue weighted by Crippen LogP contribution is -2.31. The number of carbonyl (C=O) groups is 1. The minimum Gasteiger partial charge on any atom is -0.461 e. The summed E-state index contributed by atoms with van der Waals surface area (Å²) in [6.45, 7) is 7.83. The summed E-state index contributed by atoms with van der Waals surface area (Å²) in [4.78, 5) is 37.0. The first-order chi connectivity index (χ1) is 15.8. The quantitative estimate of drug-likeness (QED) is 0.522. The van der Waals surface area contributed by atoms with Crippen LogP contribution in [0.1, 0.15) is 47.9 Å².